The molecule has 6 heteroatoms. The van der Waals surface area contributed by atoms with Crippen molar-refractivity contribution in [3.8, 4) is 5.75 Å². The fourth-order valence-electron chi connectivity index (χ4n) is 2.42. The van der Waals surface area contributed by atoms with E-state index in [1.54, 1.807) is 11.7 Å². The van der Waals surface area contributed by atoms with E-state index in [2.05, 4.69) is 11.4 Å². The smallest absolute Gasteiger partial charge is 0.307 e. The number of hydrogen-bond acceptors (Lipinski definition) is 4. The Kier molecular flexibility index (Phi) is 5.98. The van der Waals surface area contributed by atoms with E-state index in [0.29, 0.717) is 25.9 Å². The molecule has 0 unspecified atom stereocenters. The summed E-state index contributed by atoms with van der Waals surface area (Å²) in [5.41, 5.74) is 3.15. The van der Waals surface area contributed by atoms with Gasteiger partial charge in [-0.15, -0.1) is 0 Å². The van der Waals surface area contributed by atoms with Crippen molar-refractivity contribution in [1.29, 1.82) is 0 Å². The fourth-order valence-corrected chi connectivity index (χ4v) is 3.18. The number of hydrogen-bond donors (Lipinski definition) is 1. The fraction of sp³-hybridized carbons (Fsp3) is 0.412. The first-order valence-electron chi connectivity index (χ1n) is 7.56. The lowest BCUT2D eigenvalue weighted by molar-refractivity contribution is -0.121. The highest BCUT2D eigenvalue weighted by Crippen LogP contribution is 2.19. The normalized spacial score (nSPS) is 10.6. The van der Waals surface area contributed by atoms with Crippen molar-refractivity contribution in [2.24, 2.45) is 0 Å². The molecule has 0 fully saturated rings. The average Bonchev–Trinajstić information content (AvgIpc) is 2.84. The van der Waals surface area contributed by atoms with Crippen LogP contribution in [0.3, 0.4) is 0 Å². The molecular formula is C17H22N2O3S. The third kappa shape index (κ3) is 4.69. The summed E-state index contributed by atoms with van der Waals surface area (Å²) >= 11 is 1.17. The molecule has 0 bridgehead atoms. The molecule has 124 valence electrons. The molecule has 1 aromatic heterocycles. The minimum Gasteiger partial charge on any atom is -0.496 e. The van der Waals surface area contributed by atoms with Crippen LogP contribution >= 0.6 is 11.3 Å². The number of ether oxygens (including phenoxy) is 1. The summed E-state index contributed by atoms with van der Waals surface area (Å²) in [4.78, 5) is 23.5. The Labute approximate surface area is 139 Å². The number of rotatable bonds is 7. The zero-order valence-electron chi connectivity index (χ0n) is 13.7. The first kappa shape index (κ1) is 17.3. The molecule has 2 aromatic rings. The van der Waals surface area contributed by atoms with Gasteiger partial charge in [-0.05, 0) is 31.9 Å². The van der Waals surface area contributed by atoms with Gasteiger partial charge in [0.15, 0.2) is 0 Å². The number of carbonyl (C=O) groups is 1. The molecule has 1 aromatic carbocycles. The summed E-state index contributed by atoms with van der Waals surface area (Å²) in [6, 6.07) is 6.01. The predicted octanol–water partition coefficient (Wildman–Crippen LogP) is 2.28. The van der Waals surface area contributed by atoms with E-state index in [9.17, 15) is 9.59 Å². The second kappa shape index (κ2) is 7.97. The molecule has 23 heavy (non-hydrogen) atoms. The van der Waals surface area contributed by atoms with Crippen molar-refractivity contribution in [3.05, 3.63) is 50.1 Å². The second-order valence-electron chi connectivity index (χ2n) is 5.46. The number of amides is 1. The lowest BCUT2D eigenvalue weighted by atomic mass is 10.1. The van der Waals surface area contributed by atoms with Crippen LogP contribution in [0.5, 0.6) is 5.75 Å². The molecule has 2 rings (SSSR count). The Balaban J connectivity index is 1.81. The van der Waals surface area contributed by atoms with Crippen LogP contribution in [0.1, 0.15) is 23.2 Å². The van der Waals surface area contributed by atoms with Crippen molar-refractivity contribution in [2.45, 2.75) is 33.2 Å². The molecule has 0 aliphatic carbocycles. The van der Waals surface area contributed by atoms with Gasteiger partial charge in [0.2, 0.25) is 5.91 Å². The number of carbonyl (C=O) groups excluding carboxylic acids is 1. The van der Waals surface area contributed by atoms with Crippen molar-refractivity contribution >= 4 is 17.2 Å². The van der Waals surface area contributed by atoms with Crippen LogP contribution in [-0.2, 0) is 17.8 Å². The summed E-state index contributed by atoms with van der Waals surface area (Å²) in [6.45, 7) is 4.88. The van der Waals surface area contributed by atoms with E-state index in [4.69, 9.17) is 4.74 Å². The molecular weight excluding hydrogens is 312 g/mol. The Morgan fingerprint density at radius 1 is 1.35 bits per heavy atom. The Hall–Kier alpha value is -2.08. The summed E-state index contributed by atoms with van der Waals surface area (Å²) in [6.07, 6.45) is 1.02. The topological polar surface area (TPSA) is 60.3 Å². The molecule has 0 saturated heterocycles. The van der Waals surface area contributed by atoms with Gasteiger partial charge >= 0.3 is 4.87 Å². The predicted molar refractivity (Wildman–Crippen MR) is 92.4 cm³/mol. The number of methoxy groups -OCH3 is 1. The van der Waals surface area contributed by atoms with Crippen LogP contribution in [0.25, 0.3) is 0 Å². The molecule has 0 aliphatic heterocycles. The van der Waals surface area contributed by atoms with Crippen molar-refractivity contribution in [1.82, 2.24) is 9.88 Å². The molecule has 0 radical (unpaired) electrons. The first-order valence-corrected chi connectivity index (χ1v) is 8.44. The van der Waals surface area contributed by atoms with Gasteiger partial charge in [0.05, 0.1) is 7.11 Å². The van der Waals surface area contributed by atoms with Gasteiger partial charge in [0.1, 0.15) is 5.75 Å². The molecule has 1 N–H and O–H groups in total. The van der Waals surface area contributed by atoms with Crippen LogP contribution in [0.15, 0.2) is 28.4 Å². The van der Waals surface area contributed by atoms with E-state index in [0.717, 1.165) is 17.0 Å². The van der Waals surface area contributed by atoms with Crippen LogP contribution < -0.4 is 14.9 Å². The minimum absolute atomic E-state index is 0.0141. The van der Waals surface area contributed by atoms with Gasteiger partial charge in [-0.1, -0.05) is 29.0 Å². The van der Waals surface area contributed by atoms with E-state index < -0.39 is 0 Å². The highest BCUT2D eigenvalue weighted by molar-refractivity contribution is 7.07. The highest BCUT2D eigenvalue weighted by Gasteiger charge is 2.07. The Bertz CT molecular complexity index is 734. The summed E-state index contributed by atoms with van der Waals surface area (Å²) in [5, 5.41) is 4.71. The van der Waals surface area contributed by atoms with Gasteiger partial charge in [-0.25, -0.2) is 0 Å². The Morgan fingerprint density at radius 3 is 2.78 bits per heavy atom. The van der Waals surface area contributed by atoms with Crippen LogP contribution in [-0.4, -0.2) is 24.1 Å². The van der Waals surface area contributed by atoms with Crippen molar-refractivity contribution in [2.75, 3.05) is 13.7 Å². The number of thiazole rings is 1. The van der Waals surface area contributed by atoms with Gasteiger partial charge in [0, 0.05) is 30.6 Å². The molecule has 1 amide bonds. The zero-order chi connectivity index (χ0) is 16.8. The third-order valence-electron chi connectivity index (χ3n) is 3.69. The second-order valence-corrected chi connectivity index (χ2v) is 6.28. The van der Waals surface area contributed by atoms with Gasteiger partial charge in [-0.2, -0.15) is 0 Å². The maximum Gasteiger partial charge on any atom is 0.307 e. The third-order valence-corrected chi connectivity index (χ3v) is 4.57. The molecule has 0 spiro atoms. The number of nitrogens with one attached hydrogen (secondary N) is 1. The number of benzene rings is 1. The number of aryl methyl sites for hydroxylation is 2. The Morgan fingerprint density at radius 2 is 2.13 bits per heavy atom. The highest BCUT2D eigenvalue weighted by atomic mass is 32.1. The maximum absolute atomic E-state index is 11.9. The number of nitrogens with zero attached hydrogens (tertiary/aromatic N) is 1. The van der Waals surface area contributed by atoms with Crippen LogP contribution in [0.2, 0.25) is 0 Å². The van der Waals surface area contributed by atoms with Gasteiger partial charge in [0.25, 0.3) is 0 Å². The number of aromatic nitrogens is 1. The molecule has 0 atom stereocenters. The quantitative estimate of drug-likeness (QED) is 0.845. The zero-order valence-corrected chi connectivity index (χ0v) is 14.5. The van der Waals surface area contributed by atoms with Crippen molar-refractivity contribution in [3.63, 3.8) is 0 Å². The lowest BCUT2D eigenvalue weighted by Gasteiger charge is -2.10. The van der Waals surface area contributed by atoms with Gasteiger partial charge < -0.3 is 14.6 Å². The largest absolute Gasteiger partial charge is 0.496 e. The van der Waals surface area contributed by atoms with Crippen LogP contribution in [0.4, 0.5) is 0 Å². The maximum atomic E-state index is 11.9. The van der Waals surface area contributed by atoms with Crippen molar-refractivity contribution < 1.29 is 9.53 Å². The summed E-state index contributed by atoms with van der Waals surface area (Å²) < 4.78 is 6.96. The monoisotopic (exact) mass is 334 g/mol. The van der Waals surface area contributed by atoms with Crippen LogP contribution in [0, 0.1) is 13.8 Å². The van der Waals surface area contributed by atoms with E-state index in [1.165, 1.54) is 16.9 Å². The average molecular weight is 334 g/mol. The van der Waals surface area contributed by atoms with Gasteiger partial charge in [-0.3, -0.25) is 9.59 Å². The molecule has 0 saturated carbocycles. The molecule has 5 nitrogen and oxygen atoms in total. The minimum atomic E-state index is -0.0471. The molecule has 1 heterocycles. The molecule has 0 aliphatic rings. The summed E-state index contributed by atoms with van der Waals surface area (Å²) in [7, 11) is 1.65. The first-order chi connectivity index (χ1) is 11.0. The standard InChI is InChI=1S/C17H22N2O3S/c1-12-4-5-15(22-3)14(10-12)6-8-18-16(20)7-9-19-13(2)11-23-17(19)21/h4-5,10-11H,6-9H2,1-3H3,(H,18,20). The van der Waals surface area contributed by atoms with E-state index in [-0.39, 0.29) is 10.8 Å². The van der Waals surface area contributed by atoms with E-state index in [1.807, 2.05) is 31.4 Å². The lowest BCUT2D eigenvalue weighted by Crippen LogP contribution is -2.28. The summed E-state index contributed by atoms with van der Waals surface area (Å²) in [5.74, 6) is 0.791. The van der Waals surface area contributed by atoms with E-state index >= 15 is 0 Å². The SMILES string of the molecule is COc1ccc(C)cc1CCNC(=O)CCn1c(C)csc1=O.